The molecule has 2 N–H and O–H groups in total. The fraction of sp³-hybridized carbons (Fsp3) is 0.429. The number of rotatable bonds is 2. The smallest absolute Gasteiger partial charge is 0.220 e. The number of nitrogen functional groups attached to an aromatic ring is 1. The maximum Gasteiger partial charge on any atom is 0.220 e. The van der Waals surface area contributed by atoms with Crippen molar-refractivity contribution in [3.63, 3.8) is 0 Å². The van der Waals surface area contributed by atoms with Crippen LogP contribution in [0.15, 0.2) is 6.20 Å². The molecule has 0 aliphatic carbocycles. The summed E-state index contributed by atoms with van der Waals surface area (Å²) in [4.78, 5) is 7.80. The fourth-order valence-electron chi connectivity index (χ4n) is 0.845. The fourth-order valence-corrected chi connectivity index (χ4v) is 0.845. The Morgan fingerprint density at radius 3 is 2.91 bits per heavy atom. The maximum atomic E-state index is 5.38. The van der Waals surface area contributed by atoms with E-state index in [1.807, 2.05) is 6.92 Å². The zero-order chi connectivity index (χ0) is 8.27. The van der Waals surface area contributed by atoms with Crippen LogP contribution in [0.5, 0.6) is 5.75 Å². The van der Waals surface area contributed by atoms with Gasteiger partial charge >= 0.3 is 0 Å². The van der Waals surface area contributed by atoms with Crippen molar-refractivity contribution in [3.05, 3.63) is 11.9 Å². The number of hydrogen-bond acceptors (Lipinski definition) is 4. The lowest BCUT2D eigenvalue weighted by Gasteiger charge is -2.03. The molecule has 0 aliphatic rings. The number of hydrogen-bond donors (Lipinski definition) is 1. The Hall–Kier alpha value is -1.32. The van der Waals surface area contributed by atoms with Crippen LogP contribution < -0.4 is 10.5 Å². The van der Waals surface area contributed by atoms with E-state index >= 15 is 0 Å². The molecule has 11 heavy (non-hydrogen) atoms. The van der Waals surface area contributed by atoms with Crippen LogP contribution >= 0.6 is 0 Å². The first-order chi connectivity index (χ1) is 5.27. The molecule has 4 nitrogen and oxygen atoms in total. The first-order valence-electron chi connectivity index (χ1n) is 3.43. The molecule has 0 unspecified atom stereocenters. The molecule has 0 saturated carbocycles. The number of ether oxygens (including phenoxy) is 1. The molecule has 0 aromatic carbocycles. The highest BCUT2D eigenvalue weighted by Gasteiger charge is 2.02. The van der Waals surface area contributed by atoms with Gasteiger partial charge in [-0.1, -0.05) is 6.92 Å². The minimum Gasteiger partial charge on any atom is -0.493 e. The Morgan fingerprint density at radius 2 is 2.36 bits per heavy atom. The summed E-state index contributed by atoms with van der Waals surface area (Å²) in [5.74, 6) is 0.990. The summed E-state index contributed by atoms with van der Waals surface area (Å²) in [5, 5.41) is 0. The predicted octanol–water partition coefficient (Wildman–Crippen LogP) is 0.630. The monoisotopic (exact) mass is 153 g/mol. The van der Waals surface area contributed by atoms with Gasteiger partial charge in [-0.2, -0.15) is 0 Å². The highest BCUT2D eigenvalue weighted by atomic mass is 16.5. The van der Waals surface area contributed by atoms with Gasteiger partial charge < -0.3 is 10.5 Å². The van der Waals surface area contributed by atoms with E-state index in [-0.39, 0.29) is 0 Å². The molecule has 0 atom stereocenters. The summed E-state index contributed by atoms with van der Waals surface area (Å²) in [7, 11) is 1.59. The van der Waals surface area contributed by atoms with Gasteiger partial charge in [0.05, 0.1) is 19.0 Å². The van der Waals surface area contributed by atoms with E-state index in [4.69, 9.17) is 10.5 Å². The number of nitrogens with zero attached hydrogens (tertiary/aromatic N) is 2. The van der Waals surface area contributed by atoms with Crippen molar-refractivity contribution in [3.8, 4) is 5.75 Å². The largest absolute Gasteiger partial charge is 0.493 e. The van der Waals surface area contributed by atoms with Crippen molar-refractivity contribution in [2.45, 2.75) is 13.3 Å². The van der Waals surface area contributed by atoms with E-state index in [1.54, 1.807) is 13.3 Å². The van der Waals surface area contributed by atoms with Crippen LogP contribution in [0.4, 0.5) is 5.95 Å². The SMILES string of the molecule is CCc1nc(N)ncc1OC. The van der Waals surface area contributed by atoms with E-state index in [1.165, 1.54) is 0 Å². The number of aromatic nitrogens is 2. The van der Waals surface area contributed by atoms with Gasteiger partial charge in [-0.05, 0) is 6.42 Å². The van der Waals surface area contributed by atoms with Gasteiger partial charge in [-0.15, -0.1) is 0 Å². The third-order valence-corrected chi connectivity index (χ3v) is 1.40. The first kappa shape index (κ1) is 7.78. The Balaban J connectivity index is 3.06. The van der Waals surface area contributed by atoms with Crippen molar-refractivity contribution < 1.29 is 4.74 Å². The van der Waals surface area contributed by atoms with Crippen LogP contribution in [-0.4, -0.2) is 17.1 Å². The van der Waals surface area contributed by atoms with E-state index in [0.717, 1.165) is 12.1 Å². The van der Waals surface area contributed by atoms with Crippen molar-refractivity contribution in [1.29, 1.82) is 0 Å². The van der Waals surface area contributed by atoms with Crippen LogP contribution in [0.3, 0.4) is 0 Å². The molecule has 1 aromatic rings. The van der Waals surface area contributed by atoms with E-state index in [0.29, 0.717) is 11.7 Å². The van der Waals surface area contributed by atoms with E-state index < -0.39 is 0 Å². The van der Waals surface area contributed by atoms with Crippen LogP contribution in [0.25, 0.3) is 0 Å². The van der Waals surface area contributed by atoms with Crippen LogP contribution in [0, 0.1) is 0 Å². The molecule has 1 rings (SSSR count). The van der Waals surface area contributed by atoms with Crippen molar-refractivity contribution >= 4 is 5.95 Å². The molecule has 0 spiro atoms. The molecule has 0 amide bonds. The van der Waals surface area contributed by atoms with E-state index in [2.05, 4.69) is 9.97 Å². The summed E-state index contributed by atoms with van der Waals surface area (Å²) in [6.45, 7) is 1.99. The standard InChI is InChI=1S/C7H11N3O/c1-3-5-6(11-2)4-9-7(8)10-5/h4H,3H2,1-2H3,(H2,8,9,10). The number of anilines is 1. The Labute approximate surface area is 65.4 Å². The third kappa shape index (κ3) is 1.58. The van der Waals surface area contributed by atoms with Crippen LogP contribution in [-0.2, 0) is 6.42 Å². The molecule has 0 bridgehead atoms. The van der Waals surface area contributed by atoms with Crippen molar-refractivity contribution in [1.82, 2.24) is 9.97 Å². The Kier molecular flexibility index (Phi) is 2.25. The molecule has 0 saturated heterocycles. The molecule has 4 heteroatoms. The van der Waals surface area contributed by atoms with Gasteiger partial charge in [-0.3, -0.25) is 0 Å². The number of nitrogens with two attached hydrogens (primary N) is 1. The average molecular weight is 153 g/mol. The summed E-state index contributed by atoms with van der Waals surface area (Å²) >= 11 is 0. The second kappa shape index (κ2) is 3.18. The topological polar surface area (TPSA) is 61.0 Å². The quantitative estimate of drug-likeness (QED) is 0.677. The minimum absolute atomic E-state index is 0.294. The maximum absolute atomic E-state index is 5.38. The lowest BCUT2D eigenvalue weighted by molar-refractivity contribution is 0.405. The summed E-state index contributed by atoms with van der Waals surface area (Å²) in [5.41, 5.74) is 6.23. The normalized spacial score (nSPS) is 9.64. The van der Waals surface area contributed by atoms with E-state index in [9.17, 15) is 0 Å². The zero-order valence-electron chi connectivity index (χ0n) is 6.66. The van der Waals surface area contributed by atoms with Crippen molar-refractivity contribution in [2.75, 3.05) is 12.8 Å². The third-order valence-electron chi connectivity index (χ3n) is 1.40. The lowest BCUT2D eigenvalue weighted by atomic mass is 10.3. The lowest BCUT2D eigenvalue weighted by Crippen LogP contribution is -2.00. The summed E-state index contributed by atoms with van der Waals surface area (Å²) in [6.07, 6.45) is 2.39. The van der Waals surface area contributed by atoms with Crippen LogP contribution in [0.2, 0.25) is 0 Å². The van der Waals surface area contributed by atoms with Crippen LogP contribution in [0.1, 0.15) is 12.6 Å². The van der Waals surface area contributed by atoms with Gasteiger partial charge in [0.15, 0.2) is 5.75 Å². The first-order valence-corrected chi connectivity index (χ1v) is 3.43. The van der Waals surface area contributed by atoms with Gasteiger partial charge in [0, 0.05) is 0 Å². The molecule has 0 aliphatic heterocycles. The molecule has 1 aromatic heterocycles. The zero-order valence-corrected chi connectivity index (χ0v) is 6.66. The predicted molar refractivity (Wildman–Crippen MR) is 42.4 cm³/mol. The second-order valence-electron chi connectivity index (χ2n) is 2.10. The molecular formula is C7H11N3O. The van der Waals surface area contributed by atoms with Gasteiger partial charge in [0.25, 0.3) is 0 Å². The Morgan fingerprint density at radius 1 is 1.64 bits per heavy atom. The second-order valence-corrected chi connectivity index (χ2v) is 2.10. The van der Waals surface area contributed by atoms with Gasteiger partial charge in [-0.25, -0.2) is 9.97 Å². The Bertz CT molecular complexity index is 249. The highest BCUT2D eigenvalue weighted by Crippen LogP contribution is 2.14. The van der Waals surface area contributed by atoms with Crippen molar-refractivity contribution in [2.24, 2.45) is 0 Å². The molecule has 0 radical (unpaired) electrons. The summed E-state index contributed by atoms with van der Waals surface area (Å²) in [6, 6.07) is 0. The van der Waals surface area contributed by atoms with Gasteiger partial charge in [0.2, 0.25) is 5.95 Å². The number of aryl methyl sites for hydroxylation is 1. The molecule has 0 fully saturated rings. The molecule has 60 valence electrons. The number of methoxy groups -OCH3 is 1. The van der Waals surface area contributed by atoms with Gasteiger partial charge in [0.1, 0.15) is 0 Å². The summed E-state index contributed by atoms with van der Waals surface area (Å²) < 4.78 is 5.01. The minimum atomic E-state index is 0.294. The highest BCUT2D eigenvalue weighted by molar-refractivity contribution is 5.29. The average Bonchev–Trinajstić information content (AvgIpc) is 2.04. The molecule has 1 heterocycles. The molecular weight excluding hydrogens is 142 g/mol.